The Bertz CT molecular complexity index is 894. The summed E-state index contributed by atoms with van der Waals surface area (Å²) in [6.45, 7) is 9.34. The third-order valence-corrected chi connectivity index (χ3v) is 12.7. The normalized spacial score (nSPS) is 13.1. The predicted molar refractivity (Wildman–Crippen MR) is 169 cm³/mol. The lowest BCUT2D eigenvalue weighted by atomic mass is 10.1. The lowest BCUT2D eigenvalue weighted by molar-refractivity contribution is -0.140. The van der Waals surface area contributed by atoms with Gasteiger partial charge in [-0.1, -0.05) is 152 Å². The number of hydrogen-bond acceptors (Lipinski definition) is 3. The highest BCUT2D eigenvalue weighted by Gasteiger charge is 2.51. The molecule has 0 aliphatic rings. The van der Waals surface area contributed by atoms with Crippen molar-refractivity contribution in [3.8, 4) is 0 Å². The van der Waals surface area contributed by atoms with Gasteiger partial charge in [-0.25, -0.2) is 0 Å². The van der Waals surface area contributed by atoms with Gasteiger partial charge < -0.3 is 9.16 Å². The highest BCUT2D eigenvalue weighted by molar-refractivity contribution is 6.99. The maximum Gasteiger partial charge on any atom is 0.305 e. The fraction of sp³-hybridized carbons (Fsp3) is 0.571. The molecule has 2 aromatic rings. The summed E-state index contributed by atoms with van der Waals surface area (Å²) in [5, 5.41) is 2.64. The zero-order chi connectivity index (χ0) is 28.4. The molecule has 0 heterocycles. The summed E-state index contributed by atoms with van der Waals surface area (Å²) in [6.07, 6.45) is 19.5. The standard InChI is InChI=1S/C35H54O3Si/c1-6-7-8-9-10-12-17-24-31(25-18-13-11-14-23-30-34(36)37-5)38-39(35(2,3)4,32-26-19-15-20-27-32)33-28-21-16-22-29-33/h15-16,18-22,25-29,31H,6-14,17,23-24,30H2,1-5H3/b25-18+/t31-/m1/s1. The predicted octanol–water partition coefficient (Wildman–Crippen LogP) is 8.75. The third-order valence-electron chi connectivity index (χ3n) is 7.67. The van der Waals surface area contributed by atoms with Crippen LogP contribution in [0.4, 0.5) is 0 Å². The molecule has 2 rings (SSSR count). The number of esters is 1. The van der Waals surface area contributed by atoms with E-state index >= 15 is 0 Å². The fourth-order valence-electron chi connectivity index (χ4n) is 5.47. The SMILES string of the molecule is CCCCCCCCC[C@H](/C=C/CCCCCC(=O)OC)O[Si](c1ccccc1)(c1ccccc1)C(C)(C)C. The van der Waals surface area contributed by atoms with E-state index in [4.69, 9.17) is 9.16 Å². The number of carbonyl (C=O) groups excluding carboxylic acids is 1. The lowest BCUT2D eigenvalue weighted by Gasteiger charge is -2.45. The number of carbonyl (C=O) groups is 1. The van der Waals surface area contributed by atoms with Crippen molar-refractivity contribution in [1.82, 2.24) is 0 Å². The minimum atomic E-state index is -2.60. The average molecular weight is 551 g/mol. The van der Waals surface area contributed by atoms with Gasteiger partial charge in [-0.3, -0.25) is 4.79 Å². The number of ether oxygens (including phenoxy) is 1. The van der Waals surface area contributed by atoms with Crippen LogP contribution in [0.2, 0.25) is 5.04 Å². The molecule has 0 saturated heterocycles. The maximum atomic E-state index is 11.4. The van der Waals surface area contributed by atoms with E-state index in [1.165, 1.54) is 62.4 Å². The average Bonchev–Trinajstić information content (AvgIpc) is 2.94. The maximum absolute atomic E-state index is 11.4. The molecule has 0 aliphatic carbocycles. The topological polar surface area (TPSA) is 35.5 Å². The Kier molecular flexibility index (Phi) is 15.4. The van der Waals surface area contributed by atoms with E-state index in [0.29, 0.717) is 6.42 Å². The Labute approximate surface area is 240 Å². The quantitative estimate of drug-likeness (QED) is 0.0759. The number of methoxy groups -OCH3 is 1. The van der Waals surface area contributed by atoms with Gasteiger partial charge in [0.05, 0.1) is 13.2 Å². The summed E-state index contributed by atoms with van der Waals surface area (Å²) in [7, 11) is -1.14. The highest BCUT2D eigenvalue weighted by Crippen LogP contribution is 2.38. The molecular weight excluding hydrogens is 496 g/mol. The molecule has 4 heteroatoms. The van der Waals surface area contributed by atoms with Crippen LogP contribution in [-0.2, 0) is 14.0 Å². The molecule has 2 aromatic carbocycles. The van der Waals surface area contributed by atoms with Crippen molar-refractivity contribution in [2.45, 2.75) is 122 Å². The van der Waals surface area contributed by atoms with Gasteiger partial charge in [-0.2, -0.15) is 0 Å². The van der Waals surface area contributed by atoms with E-state index in [2.05, 4.69) is 101 Å². The van der Waals surface area contributed by atoms with E-state index < -0.39 is 8.32 Å². The molecule has 1 atom stereocenters. The first-order valence-corrected chi connectivity index (χ1v) is 17.3. The Morgan fingerprint density at radius 3 is 1.87 bits per heavy atom. The molecule has 0 spiro atoms. The Morgan fingerprint density at radius 2 is 1.33 bits per heavy atom. The van der Waals surface area contributed by atoms with Crippen LogP contribution < -0.4 is 10.4 Å². The molecule has 0 unspecified atom stereocenters. The van der Waals surface area contributed by atoms with E-state index in [1.807, 2.05) is 0 Å². The van der Waals surface area contributed by atoms with Crippen LogP contribution in [0.25, 0.3) is 0 Å². The molecule has 0 amide bonds. The summed E-state index contributed by atoms with van der Waals surface area (Å²) in [4.78, 5) is 11.4. The van der Waals surface area contributed by atoms with Crippen molar-refractivity contribution in [3.05, 3.63) is 72.8 Å². The van der Waals surface area contributed by atoms with Gasteiger partial charge in [0.1, 0.15) is 0 Å². The number of benzene rings is 2. The van der Waals surface area contributed by atoms with Crippen LogP contribution in [0.5, 0.6) is 0 Å². The molecule has 39 heavy (non-hydrogen) atoms. The summed E-state index contributed by atoms with van der Waals surface area (Å²) in [6, 6.07) is 21.9. The summed E-state index contributed by atoms with van der Waals surface area (Å²) in [5.74, 6) is -0.112. The minimum Gasteiger partial charge on any atom is -0.469 e. The van der Waals surface area contributed by atoms with Crippen LogP contribution in [0.15, 0.2) is 72.8 Å². The van der Waals surface area contributed by atoms with Crippen LogP contribution in [0.3, 0.4) is 0 Å². The fourth-order valence-corrected chi connectivity index (χ4v) is 10.1. The van der Waals surface area contributed by atoms with Crippen molar-refractivity contribution in [1.29, 1.82) is 0 Å². The monoisotopic (exact) mass is 550 g/mol. The van der Waals surface area contributed by atoms with Gasteiger partial charge in [0.25, 0.3) is 8.32 Å². The van der Waals surface area contributed by atoms with Crippen molar-refractivity contribution >= 4 is 24.7 Å². The Balaban J connectivity index is 2.23. The molecule has 0 saturated carbocycles. The minimum absolute atomic E-state index is 0.0319. The van der Waals surface area contributed by atoms with Crippen LogP contribution in [-0.4, -0.2) is 27.5 Å². The summed E-state index contributed by atoms with van der Waals surface area (Å²) < 4.78 is 12.2. The van der Waals surface area contributed by atoms with Gasteiger partial charge in [-0.05, 0) is 41.1 Å². The second-order valence-electron chi connectivity index (χ2n) is 11.8. The summed E-state index contributed by atoms with van der Waals surface area (Å²) in [5.41, 5.74) is 0. The molecule has 0 bridgehead atoms. The van der Waals surface area contributed by atoms with Gasteiger partial charge in [-0.15, -0.1) is 0 Å². The molecule has 0 aliphatic heterocycles. The third kappa shape index (κ3) is 11.1. The van der Waals surface area contributed by atoms with Crippen molar-refractivity contribution in [2.24, 2.45) is 0 Å². The smallest absolute Gasteiger partial charge is 0.305 e. The van der Waals surface area contributed by atoms with Gasteiger partial charge >= 0.3 is 5.97 Å². The zero-order valence-corrected chi connectivity index (χ0v) is 26.4. The van der Waals surface area contributed by atoms with Crippen molar-refractivity contribution in [3.63, 3.8) is 0 Å². The molecular formula is C35H54O3Si. The number of hydrogen-bond donors (Lipinski definition) is 0. The zero-order valence-electron chi connectivity index (χ0n) is 25.4. The molecule has 0 fully saturated rings. The van der Waals surface area contributed by atoms with E-state index in [-0.39, 0.29) is 17.1 Å². The number of unbranched alkanes of at least 4 members (excludes halogenated alkanes) is 9. The molecule has 0 aromatic heterocycles. The number of allylic oxidation sites excluding steroid dienone is 1. The van der Waals surface area contributed by atoms with Crippen LogP contribution in [0, 0.1) is 0 Å². The molecule has 0 radical (unpaired) electrons. The van der Waals surface area contributed by atoms with Gasteiger partial charge in [0, 0.05) is 6.42 Å². The molecule has 3 nitrogen and oxygen atoms in total. The van der Waals surface area contributed by atoms with Crippen LogP contribution >= 0.6 is 0 Å². The number of rotatable bonds is 19. The molecule has 216 valence electrons. The second-order valence-corrected chi connectivity index (χ2v) is 16.1. The largest absolute Gasteiger partial charge is 0.469 e. The Morgan fingerprint density at radius 1 is 0.795 bits per heavy atom. The first kappa shape index (κ1) is 33.0. The lowest BCUT2D eigenvalue weighted by Crippen LogP contribution is -2.67. The molecule has 0 N–H and O–H groups in total. The van der Waals surface area contributed by atoms with Gasteiger partial charge in [0.15, 0.2) is 0 Å². The first-order valence-electron chi connectivity index (χ1n) is 15.4. The van der Waals surface area contributed by atoms with Crippen molar-refractivity contribution in [2.75, 3.05) is 7.11 Å². The highest BCUT2D eigenvalue weighted by atomic mass is 28.4. The van der Waals surface area contributed by atoms with E-state index in [9.17, 15) is 4.79 Å². The Hall–Kier alpha value is -2.17. The second kappa shape index (κ2) is 18.2. The van der Waals surface area contributed by atoms with E-state index in [1.54, 1.807) is 0 Å². The van der Waals surface area contributed by atoms with Crippen molar-refractivity contribution < 1.29 is 14.0 Å². The van der Waals surface area contributed by atoms with Crippen LogP contribution in [0.1, 0.15) is 111 Å². The summed E-state index contributed by atoms with van der Waals surface area (Å²) >= 11 is 0. The first-order chi connectivity index (χ1) is 18.8. The van der Waals surface area contributed by atoms with Gasteiger partial charge in [0.2, 0.25) is 0 Å². The van der Waals surface area contributed by atoms with E-state index in [0.717, 1.165) is 32.1 Å².